The normalized spacial score (nSPS) is 19.2. The van der Waals surface area contributed by atoms with Crippen LogP contribution in [0.4, 0.5) is 5.82 Å². The molecule has 1 aliphatic rings. The number of carbonyl (C=O) groups excluding carboxylic acids is 1. The Bertz CT molecular complexity index is 855. The topological polar surface area (TPSA) is 59.8 Å². The lowest BCUT2D eigenvalue weighted by Gasteiger charge is -2.02. The molecule has 0 bridgehead atoms. The number of hydrogen-bond acceptors (Lipinski definition) is 4. The van der Waals surface area contributed by atoms with E-state index < -0.39 is 0 Å². The Balaban J connectivity index is 1.35. The molecule has 1 N–H and O–H groups in total. The highest BCUT2D eigenvalue weighted by Gasteiger charge is 2.44. The van der Waals surface area contributed by atoms with Crippen molar-refractivity contribution in [2.45, 2.75) is 25.8 Å². The Morgan fingerprint density at radius 2 is 2.29 bits per heavy atom. The van der Waals surface area contributed by atoms with Crippen LogP contribution in [-0.4, -0.2) is 20.7 Å². The first-order valence-corrected chi connectivity index (χ1v) is 8.80. The molecule has 4 rings (SSSR count). The molecule has 2 atom stereocenters. The zero-order chi connectivity index (χ0) is 16.5. The summed E-state index contributed by atoms with van der Waals surface area (Å²) in [6, 6.07) is 10.0. The molecule has 1 amide bonds. The van der Waals surface area contributed by atoms with Gasteiger partial charge in [-0.1, -0.05) is 6.07 Å². The number of nitrogens with one attached hydrogen (secondary N) is 1. The van der Waals surface area contributed by atoms with Gasteiger partial charge in [0, 0.05) is 46.2 Å². The summed E-state index contributed by atoms with van der Waals surface area (Å²) in [6.45, 7) is 2.74. The maximum absolute atomic E-state index is 12.4. The summed E-state index contributed by atoms with van der Waals surface area (Å²) in [5, 5.41) is 7.35. The second-order valence-electron chi connectivity index (χ2n) is 6.15. The highest BCUT2D eigenvalue weighted by Crippen LogP contribution is 2.50. The molecule has 0 saturated heterocycles. The maximum Gasteiger partial charge on any atom is 0.229 e. The SMILES string of the molecule is Cc1ccc([C@@H]2C[C@@H]2C(=O)Nc2ccn(Cc3cccnc3)n2)s1. The third-order valence-electron chi connectivity index (χ3n) is 4.21. The number of aryl methyl sites for hydroxylation is 1. The molecule has 1 aliphatic carbocycles. The standard InChI is InChI=1S/C18H18N4OS/c1-12-4-5-16(24-12)14-9-15(14)18(23)20-17-6-8-22(21-17)11-13-3-2-7-19-10-13/h2-8,10,14-15H,9,11H2,1H3,(H,20,21,23)/t14-,15+/m1/s1. The van der Waals surface area contributed by atoms with E-state index in [1.54, 1.807) is 22.2 Å². The lowest BCUT2D eigenvalue weighted by Crippen LogP contribution is -2.15. The number of hydrogen-bond donors (Lipinski definition) is 1. The van der Waals surface area contributed by atoms with Crippen LogP contribution in [0.1, 0.15) is 27.7 Å². The lowest BCUT2D eigenvalue weighted by molar-refractivity contribution is -0.117. The van der Waals surface area contributed by atoms with Crippen molar-refractivity contribution in [1.82, 2.24) is 14.8 Å². The van der Waals surface area contributed by atoms with Crippen molar-refractivity contribution in [1.29, 1.82) is 0 Å². The molecule has 122 valence electrons. The first-order chi connectivity index (χ1) is 11.7. The molecular weight excluding hydrogens is 320 g/mol. The van der Waals surface area contributed by atoms with Gasteiger partial charge in [0.2, 0.25) is 5.91 Å². The maximum atomic E-state index is 12.4. The van der Waals surface area contributed by atoms with Gasteiger partial charge in [-0.25, -0.2) is 0 Å². The molecule has 0 spiro atoms. The van der Waals surface area contributed by atoms with Crippen LogP contribution in [-0.2, 0) is 11.3 Å². The van der Waals surface area contributed by atoms with Gasteiger partial charge in [0.1, 0.15) is 0 Å². The number of nitrogens with zero attached hydrogens (tertiary/aromatic N) is 3. The summed E-state index contributed by atoms with van der Waals surface area (Å²) in [4.78, 5) is 19.1. The molecule has 0 radical (unpaired) electrons. The summed E-state index contributed by atoms with van der Waals surface area (Å²) < 4.78 is 1.81. The van der Waals surface area contributed by atoms with Crippen LogP contribution < -0.4 is 5.32 Å². The Morgan fingerprint density at radius 1 is 1.38 bits per heavy atom. The van der Waals surface area contributed by atoms with E-state index in [0.29, 0.717) is 18.3 Å². The molecule has 0 aliphatic heterocycles. The smallest absolute Gasteiger partial charge is 0.229 e. The van der Waals surface area contributed by atoms with Gasteiger partial charge in [-0.3, -0.25) is 14.5 Å². The highest BCUT2D eigenvalue weighted by molar-refractivity contribution is 7.12. The Morgan fingerprint density at radius 3 is 3.04 bits per heavy atom. The molecule has 24 heavy (non-hydrogen) atoms. The summed E-state index contributed by atoms with van der Waals surface area (Å²) in [7, 11) is 0. The van der Waals surface area contributed by atoms with Crippen molar-refractivity contribution in [2.75, 3.05) is 5.32 Å². The molecule has 3 aromatic rings. The van der Waals surface area contributed by atoms with Crippen LogP contribution in [0.3, 0.4) is 0 Å². The molecule has 0 aromatic carbocycles. The van der Waals surface area contributed by atoms with Gasteiger partial charge in [-0.2, -0.15) is 5.10 Å². The van der Waals surface area contributed by atoms with Crippen molar-refractivity contribution < 1.29 is 4.79 Å². The van der Waals surface area contributed by atoms with Gasteiger partial charge in [-0.05, 0) is 37.1 Å². The van der Waals surface area contributed by atoms with E-state index in [2.05, 4.69) is 34.5 Å². The van der Waals surface area contributed by atoms with Crippen LogP contribution in [0, 0.1) is 12.8 Å². The van der Waals surface area contributed by atoms with Gasteiger partial charge in [-0.15, -0.1) is 11.3 Å². The second kappa shape index (κ2) is 6.20. The fourth-order valence-corrected chi connectivity index (χ4v) is 3.92. The monoisotopic (exact) mass is 338 g/mol. The minimum Gasteiger partial charge on any atom is -0.309 e. The Labute approximate surface area is 144 Å². The van der Waals surface area contributed by atoms with Gasteiger partial charge in [0.15, 0.2) is 5.82 Å². The van der Waals surface area contributed by atoms with Gasteiger partial charge >= 0.3 is 0 Å². The van der Waals surface area contributed by atoms with E-state index in [1.807, 2.05) is 30.6 Å². The van der Waals surface area contributed by atoms with Crippen LogP contribution in [0.2, 0.25) is 0 Å². The van der Waals surface area contributed by atoms with E-state index in [-0.39, 0.29) is 11.8 Å². The average molecular weight is 338 g/mol. The van der Waals surface area contributed by atoms with Crippen molar-refractivity contribution in [3.05, 3.63) is 64.2 Å². The summed E-state index contributed by atoms with van der Waals surface area (Å²) in [6.07, 6.45) is 6.37. The summed E-state index contributed by atoms with van der Waals surface area (Å²) in [5.74, 6) is 1.13. The van der Waals surface area contributed by atoms with Crippen LogP contribution >= 0.6 is 11.3 Å². The van der Waals surface area contributed by atoms with Crippen LogP contribution in [0.25, 0.3) is 0 Å². The van der Waals surface area contributed by atoms with E-state index in [1.165, 1.54) is 9.75 Å². The van der Waals surface area contributed by atoms with Crippen molar-refractivity contribution in [3.8, 4) is 0 Å². The Kier molecular flexibility index (Phi) is 3.90. The number of amides is 1. The predicted molar refractivity (Wildman–Crippen MR) is 94.1 cm³/mol. The Hall–Kier alpha value is -2.47. The number of rotatable bonds is 5. The first kappa shape index (κ1) is 15.1. The third kappa shape index (κ3) is 3.23. The molecule has 3 heterocycles. The van der Waals surface area contributed by atoms with Crippen LogP contribution in [0.15, 0.2) is 48.9 Å². The van der Waals surface area contributed by atoms with Crippen molar-refractivity contribution in [3.63, 3.8) is 0 Å². The second-order valence-corrected chi connectivity index (χ2v) is 7.47. The molecule has 1 saturated carbocycles. The predicted octanol–water partition coefficient (Wildman–Crippen LogP) is 3.44. The van der Waals surface area contributed by atoms with E-state index in [0.717, 1.165) is 12.0 Å². The van der Waals surface area contributed by atoms with Gasteiger partial charge in [0.25, 0.3) is 0 Å². The molecule has 5 nitrogen and oxygen atoms in total. The number of carbonyl (C=O) groups is 1. The van der Waals surface area contributed by atoms with E-state index in [4.69, 9.17) is 0 Å². The van der Waals surface area contributed by atoms with Crippen LogP contribution in [0.5, 0.6) is 0 Å². The van der Waals surface area contributed by atoms with Gasteiger partial charge in [0.05, 0.1) is 6.54 Å². The molecule has 3 aromatic heterocycles. The number of anilines is 1. The summed E-state index contributed by atoms with van der Waals surface area (Å²) in [5.41, 5.74) is 1.08. The zero-order valence-electron chi connectivity index (χ0n) is 13.3. The highest BCUT2D eigenvalue weighted by atomic mass is 32.1. The fraction of sp³-hybridized carbons (Fsp3) is 0.278. The molecular formula is C18H18N4OS. The zero-order valence-corrected chi connectivity index (χ0v) is 14.2. The van der Waals surface area contributed by atoms with E-state index in [9.17, 15) is 4.79 Å². The minimum absolute atomic E-state index is 0.0673. The molecule has 1 fully saturated rings. The quantitative estimate of drug-likeness (QED) is 0.775. The molecule has 6 heteroatoms. The fourth-order valence-electron chi connectivity index (χ4n) is 2.87. The number of thiophene rings is 1. The largest absolute Gasteiger partial charge is 0.309 e. The number of pyridine rings is 1. The lowest BCUT2D eigenvalue weighted by atomic mass is 10.2. The first-order valence-electron chi connectivity index (χ1n) is 7.98. The third-order valence-corrected chi connectivity index (χ3v) is 5.35. The van der Waals surface area contributed by atoms with Crippen molar-refractivity contribution >= 4 is 23.1 Å². The average Bonchev–Trinajstić information content (AvgIpc) is 3.09. The minimum atomic E-state index is 0.0673. The van der Waals surface area contributed by atoms with E-state index >= 15 is 0 Å². The number of aromatic nitrogens is 3. The molecule has 0 unspecified atom stereocenters. The van der Waals surface area contributed by atoms with Crippen molar-refractivity contribution in [2.24, 2.45) is 5.92 Å². The van der Waals surface area contributed by atoms with Gasteiger partial charge < -0.3 is 5.32 Å². The summed E-state index contributed by atoms with van der Waals surface area (Å²) >= 11 is 1.79.